The predicted octanol–water partition coefficient (Wildman–Crippen LogP) is 3.00. The highest BCUT2D eigenvalue weighted by Gasteiger charge is 2.03. The summed E-state index contributed by atoms with van der Waals surface area (Å²) in [5.74, 6) is 0. The quantitative estimate of drug-likeness (QED) is 0.802. The fourth-order valence-electron chi connectivity index (χ4n) is 1.34. The molecule has 2 nitrogen and oxygen atoms in total. The number of benzene rings is 1. The molecule has 0 N–H and O–H groups in total. The topological polar surface area (TPSA) is 17.8 Å². The lowest BCUT2D eigenvalue weighted by molar-refractivity contribution is 0.664. The zero-order chi connectivity index (χ0) is 9.97. The van der Waals surface area contributed by atoms with Gasteiger partial charge in [0.15, 0.2) is 0 Å². The third-order valence-electron chi connectivity index (χ3n) is 2.22. The minimum absolute atomic E-state index is 0.832. The monoisotopic (exact) mass is 250 g/mol. The Balaban J connectivity index is 2.23. The summed E-state index contributed by atoms with van der Waals surface area (Å²) in [4.78, 5) is 0. The first-order chi connectivity index (χ1) is 6.77. The van der Waals surface area contributed by atoms with Crippen molar-refractivity contribution in [3.63, 3.8) is 0 Å². The van der Waals surface area contributed by atoms with Gasteiger partial charge in [-0.3, -0.25) is 4.68 Å². The van der Waals surface area contributed by atoms with Crippen molar-refractivity contribution in [2.45, 2.75) is 13.5 Å². The lowest BCUT2D eigenvalue weighted by Crippen LogP contribution is -2.03. The van der Waals surface area contributed by atoms with E-state index in [2.05, 4.69) is 40.1 Å². The van der Waals surface area contributed by atoms with Gasteiger partial charge in [-0.15, -0.1) is 0 Å². The molecule has 0 saturated heterocycles. The Bertz CT molecular complexity index is 420. The van der Waals surface area contributed by atoms with Gasteiger partial charge in [-0.1, -0.05) is 30.3 Å². The Morgan fingerprint density at radius 2 is 2.00 bits per heavy atom. The van der Waals surface area contributed by atoms with E-state index in [9.17, 15) is 0 Å². The van der Waals surface area contributed by atoms with Crippen LogP contribution in [0.2, 0.25) is 0 Å². The molecule has 0 amide bonds. The molecular weight excluding hydrogens is 240 g/mol. The number of nitrogens with zero attached hydrogens (tertiary/aromatic N) is 2. The first-order valence-electron chi connectivity index (χ1n) is 4.49. The Kier molecular flexibility index (Phi) is 2.68. The second kappa shape index (κ2) is 3.96. The molecule has 0 aliphatic heterocycles. The zero-order valence-corrected chi connectivity index (χ0v) is 9.53. The van der Waals surface area contributed by atoms with Crippen molar-refractivity contribution < 1.29 is 0 Å². The summed E-state index contributed by atoms with van der Waals surface area (Å²) < 4.78 is 3.05. The third kappa shape index (κ3) is 1.87. The van der Waals surface area contributed by atoms with Crippen molar-refractivity contribution in [1.29, 1.82) is 0 Å². The molecule has 2 rings (SSSR count). The minimum atomic E-state index is 0.832. The first kappa shape index (κ1) is 9.46. The molecule has 1 aromatic heterocycles. The van der Waals surface area contributed by atoms with Gasteiger partial charge in [-0.05, 0) is 28.4 Å². The van der Waals surface area contributed by atoms with Crippen LogP contribution in [-0.2, 0) is 6.54 Å². The summed E-state index contributed by atoms with van der Waals surface area (Å²) in [5.41, 5.74) is 2.43. The summed E-state index contributed by atoms with van der Waals surface area (Å²) in [6, 6.07) is 10.3. The van der Waals surface area contributed by atoms with Crippen LogP contribution in [0.4, 0.5) is 0 Å². The van der Waals surface area contributed by atoms with Crippen LogP contribution in [0.3, 0.4) is 0 Å². The van der Waals surface area contributed by atoms with Crippen LogP contribution in [0.1, 0.15) is 11.3 Å². The van der Waals surface area contributed by atoms with Crippen molar-refractivity contribution in [3.05, 3.63) is 52.3 Å². The van der Waals surface area contributed by atoms with Gasteiger partial charge < -0.3 is 0 Å². The molecule has 0 aliphatic rings. The van der Waals surface area contributed by atoms with E-state index in [0.717, 1.165) is 16.7 Å². The smallest absolute Gasteiger partial charge is 0.0662 e. The molecule has 72 valence electrons. The number of aromatic nitrogens is 2. The lowest BCUT2D eigenvalue weighted by atomic mass is 10.2. The van der Waals surface area contributed by atoms with E-state index in [1.807, 2.05) is 29.1 Å². The van der Waals surface area contributed by atoms with Gasteiger partial charge >= 0.3 is 0 Å². The fourth-order valence-corrected chi connectivity index (χ4v) is 1.64. The van der Waals surface area contributed by atoms with Crippen LogP contribution < -0.4 is 0 Å². The molecule has 14 heavy (non-hydrogen) atoms. The van der Waals surface area contributed by atoms with Crippen molar-refractivity contribution in [2.24, 2.45) is 0 Å². The summed E-state index contributed by atoms with van der Waals surface area (Å²) in [6.07, 6.45) is 1.83. The highest BCUT2D eigenvalue weighted by Crippen LogP contribution is 2.15. The molecule has 0 bridgehead atoms. The Morgan fingerprint density at radius 1 is 1.29 bits per heavy atom. The van der Waals surface area contributed by atoms with E-state index >= 15 is 0 Å². The average Bonchev–Trinajstić information content (AvgIpc) is 2.52. The van der Waals surface area contributed by atoms with Crippen LogP contribution >= 0.6 is 15.9 Å². The second-order valence-corrected chi connectivity index (χ2v) is 4.08. The van der Waals surface area contributed by atoms with Crippen LogP contribution in [0.5, 0.6) is 0 Å². The van der Waals surface area contributed by atoms with Crippen molar-refractivity contribution in [3.8, 4) is 0 Å². The molecule has 0 spiro atoms. The lowest BCUT2D eigenvalue weighted by Gasteiger charge is -2.03. The Hall–Kier alpha value is -1.09. The molecule has 1 heterocycles. The highest BCUT2D eigenvalue weighted by atomic mass is 79.9. The Labute approximate surface area is 91.7 Å². The minimum Gasteiger partial charge on any atom is -0.264 e. The van der Waals surface area contributed by atoms with Crippen LogP contribution in [0.25, 0.3) is 0 Å². The van der Waals surface area contributed by atoms with Gasteiger partial charge in [0.2, 0.25) is 0 Å². The number of hydrogen-bond acceptors (Lipinski definition) is 1. The summed E-state index contributed by atoms with van der Waals surface area (Å²) >= 11 is 3.45. The first-order valence-corrected chi connectivity index (χ1v) is 5.28. The molecule has 3 heteroatoms. The van der Waals surface area contributed by atoms with Crippen molar-refractivity contribution in [2.75, 3.05) is 0 Å². The van der Waals surface area contributed by atoms with E-state index in [1.54, 1.807) is 0 Å². The van der Waals surface area contributed by atoms with Gasteiger partial charge in [-0.25, -0.2) is 0 Å². The Morgan fingerprint density at radius 3 is 2.57 bits per heavy atom. The van der Waals surface area contributed by atoms with Gasteiger partial charge in [0.05, 0.1) is 17.2 Å². The van der Waals surface area contributed by atoms with Gasteiger partial charge in [-0.2, -0.15) is 5.10 Å². The second-order valence-electron chi connectivity index (χ2n) is 3.22. The number of halogens is 1. The molecule has 1 aromatic carbocycles. The molecule has 0 fully saturated rings. The summed E-state index contributed by atoms with van der Waals surface area (Å²) in [6.45, 7) is 2.89. The maximum absolute atomic E-state index is 4.28. The van der Waals surface area contributed by atoms with E-state index in [4.69, 9.17) is 0 Å². The molecule has 2 aromatic rings. The van der Waals surface area contributed by atoms with Crippen molar-refractivity contribution in [1.82, 2.24) is 9.78 Å². The van der Waals surface area contributed by atoms with Gasteiger partial charge in [0.1, 0.15) is 0 Å². The van der Waals surface area contributed by atoms with E-state index in [-0.39, 0.29) is 0 Å². The van der Waals surface area contributed by atoms with E-state index in [1.165, 1.54) is 5.56 Å². The van der Waals surface area contributed by atoms with Crippen LogP contribution in [0.15, 0.2) is 41.0 Å². The van der Waals surface area contributed by atoms with E-state index < -0.39 is 0 Å². The summed E-state index contributed by atoms with van der Waals surface area (Å²) in [5, 5.41) is 4.28. The van der Waals surface area contributed by atoms with Crippen LogP contribution in [0, 0.1) is 6.92 Å². The number of rotatable bonds is 2. The molecule has 0 saturated carbocycles. The predicted molar refractivity (Wildman–Crippen MR) is 60.2 cm³/mol. The number of hydrogen-bond donors (Lipinski definition) is 0. The third-order valence-corrected chi connectivity index (χ3v) is 3.00. The normalized spacial score (nSPS) is 10.4. The van der Waals surface area contributed by atoms with Gasteiger partial charge in [0, 0.05) is 5.69 Å². The maximum atomic E-state index is 4.28. The molecule has 0 unspecified atom stereocenters. The molecule has 0 radical (unpaired) electrons. The van der Waals surface area contributed by atoms with Crippen molar-refractivity contribution >= 4 is 15.9 Å². The fraction of sp³-hybridized carbons (Fsp3) is 0.182. The van der Waals surface area contributed by atoms with Gasteiger partial charge in [0.25, 0.3) is 0 Å². The SMILES string of the molecule is Cc1c(Br)cnn1Cc1ccccc1. The van der Waals surface area contributed by atoms with E-state index in [0.29, 0.717) is 0 Å². The largest absolute Gasteiger partial charge is 0.264 e. The molecule has 0 atom stereocenters. The molecular formula is C11H11BrN2. The highest BCUT2D eigenvalue weighted by molar-refractivity contribution is 9.10. The zero-order valence-electron chi connectivity index (χ0n) is 7.94. The maximum Gasteiger partial charge on any atom is 0.0662 e. The van der Waals surface area contributed by atoms with Crippen LogP contribution in [-0.4, -0.2) is 9.78 Å². The molecule has 0 aliphatic carbocycles. The summed E-state index contributed by atoms with van der Waals surface area (Å²) in [7, 11) is 0. The standard InChI is InChI=1S/C11H11BrN2/c1-9-11(12)7-13-14(9)8-10-5-3-2-4-6-10/h2-7H,8H2,1H3. The average molecular weight is 251 g/mol.